The second kappa shape index (κ2) is 5.20. The van der Waals surface area contributed by atoms with Gasteiger partial charge in [-0.3, -0.25) is 10.1 Å². The van der Waals surface area contributed by atoms with Crippen LogP contribution in [0.15, 0.2) is 42.5 Å². The highest BCUT2D eigenvalue weighted by molar-refractivity contribution is 5.65. The monoisotopic (exact) mass is 282 g/mol. The normalized spacial score (nSPS) is 11.2. The van der Waals surface area contributed by atoms with Gasteiger partial charge in [0.15, 0.2) is 0 Å². The Labute approximate surface area is 111 Å². The third kappa shape index (κ3) is 3.47. The molecule has 0 aliphatic carbocycles. The summed E-state index contributed by atoms with van der Waals surface area (Å²) in [5, 5.41) is 10.5. The summed E-state index contributed by atoms with van der Waals surface area (Å²) >= 11 is 0. The zero-order valence-corrected chi connectivity index (χ0v) is 9.85. The van der Waals surface area contributed by atoms with Crippen LogP contribution in [0.5, 0.6) is 5.75 Å². The van der Waals surface area contributed by atoms with E-state index in [0.29, 0.717) is 11.1 Å². The van der Waals surface area contributed by atoms with E-state index in [2.05, 4.69) is 10.8 Å². The molecule has 0 unspecified atom stereocenters. The maximum Gasteiger partial charge on any atom is 0.573 e. The lowest BCUT2D eigenvalue weighted by molar-refractivity contribution is -0.384. The van der Waals surface area contributed by atoms with E-state index in [1.807, 2.05) is 0 Å². The van der Waals surface area contributed by atoms with Gasteiger partial charge in [0, 0.05) is 12.1 Å². The quantitative estimate of drug-likeness (QED) is 0.632. The van der Waals surface area contributed by atoms with Crippen LogP contribution in [0.2, 0.25) is 0 Å². The molecule has 0 heterocycles. The Bertz CT molecular complexity index is 624. The van der Waals surface area contributed by atoms with Gasteiger partial charge < -0.3 is 4.74 Å². The van der Waals surface area contributed by atoms with Crippen LogP contribution in [0, 0.1) is 16.2 Å². The number of nitro benzene ring substituents is 1. The summed E-state index contributed by atoms with van der Waals surface area (Å²) in [6, 6.07) is 11.7. The van der Waals surface area contributed by atoms with Crippen molar-refractivity contribution in [3.63, 3.8) is 0 Å². The van der Waals surface area contributed by atoms with E-state index in [4.69, 9.17) is 0 Å². The largest absolute Gasteiger partial charge is 0.573 e. The fraction of sp³-hybridized carbons (Fsp3) is 0.0769. The second-order valence-corrected chi connectivity index (χ2v) is 3.79. The van der Waals surface area contributed by atoms with Gasteiger partial charge in [-0.25, -0.2) is 0 Å². The highest BCUT2D eigenvalue weighted by Gasteiger charge is 2.31. The summed E-state index contributed by atoms with van der Waals surface area (Å²) in [4.78, 5) is 9.95. The van der Waals surface area contributed by atoms with Gasteiger partial charge in [-0.05, 0) is 41.5 Å². The number of nitro groups is 1. The zero-order valence-electron chi connectivity index (χ0n) is 9.85. The van der Waals surface area contributed by atoms with Crippen molar-refractivity contribution in [2.45, 2.75) is 6.36 Å². The SMILES string of the molecule is O=[N+]([O-])c1ccc(-c2[c]ccc(OC(F)(F)F)c2)cc1. The van der Waals surface area contributed by atoms with Crippen molar-refractivity contribution >= 4 is 5.69 Å². The van der Waals surface area contributed by atoms with Crippen molar-refractivity contribution in [3.05, 3.63) is 58.6 Å². The Morgan fingerprint density at radius 3 is 2.35 bits per heavy atom. The number of alkyl halides is 3. The third-order valence-electron chi connectivity index (χ3n) is 2.40. The number of ether oxygens (including phenoxy) is 1. The van der Waals surface area contributed by atoms with Gasteiger partial charge in [0.2, 0.25) is 0 Å². The standard InChI is InChI=1S/C13H7F3NO3/c14-13(15,16)20-12-3-1-2-10(8-12)9-4-6-11(7-5-9)17(18)19/h1,3-8H. The first-order valence-corrected chi connectivity index (χ1v) is 5.37. The van der Waals surface area contributed by atoms with Crippen LogP contribution in [-0.4, -0.2) is 11.3 Å². The number of halogens is 3. The van der Waals surface area contributed by atoms with E-state index < -0.39 is 11.3 Å². The molecule has 0 amide bonds. The van der Waals surface area contributed by atoms with Crippen molar-refractivity contribution in [2.24, 2.45) is 0 Å². The molecule has 103 valence electrons. The Kier molecular flexibility index (Phi) is 3.60. The molecule has 0 saturated heterocycles. The Balaban J connectivity index is 2.28. The van der Waals surface area contributed by atoms with Crippen LogP contribution in [-0.2, 0) is 0 Å². The molecule has 0 aromatic heterocycles. The van der Waals surface area contributed by atoms with Gasteiger partial charge in [-0.1, -0.05) is 6.07 Å². The summed E-state index contributed by atoms with van der Waals surface area (Å²) in [6.45, 7) is 0. The number of non-ortho nitro benzene ring substituents is 1. The summed E-state index contributed by atoms with van der Waals surface area (Å²) in [5.74, 6) is -0.371. The molecule has 0 bridgehead atoms. The van der Waals surface area contributed by atoms with Crippen LogP contribution in [0.25, 0.3) is 11.1 Å². The first-order valence-electron chi connectivity index (χ1n) is 5.37. The summed E-state index contributed by atoms with van der Waals surface area (Å²) in [5.41, 5.74) is 0.751. The van der Waals surface area contributed by atoms with E-state index >= 15 is 0 Å². The van der Waals surface area contributed by atoms with E-state index in [1.165, 1.54) is 30.3 Å². The van der Waals surface area contributed by atoms with Gasteiger partial charge in [0.05, 0.1) is 4.92 Å². The minimum Gasteiger partial charge on any atom is -0.406 e. The molecule has 2 aromatic rings. The molecular weight excluding hydrogens is 275 g/mol. The topological polar surface area (TPSA) is 52.4 Å². The first kappa shape index (κ1) is 13.9. The lowest BCUT2D eigenvalue weighted by Crippen LogP contribution is -2.17. The Hall–Kier alpha value is -2.57. The molecule has 0 aliphatic heterocycles. The average Bonchev–Trinajstić information content (AvgIpc) is 2.37. The van der Waals surface area contributed by atoms with Crippen LogP contribution in [0.1, 0.15) is 0 Å². The highest BCUT2D eigenvalue weighted by atomic mass is 19.4. The molecule has 1 radical (unpaired) electrons. The number of hydrogen-bond acceptors (Lipinski definition) is 3. The number of nitrogens with zero attached hydrogens (tertiary/aromatic N) is 1. The lowest BCUT2D eigenvalue weighted by atomic mass is 10.1. The second-order valence-electron chi connectivity index (χ2n) is 3.79. The molecule has 2 aromatic carbocycles. The van der Waals surface area contributed by atoms with Crippen molar-refractivity contribution in [1.82, 2.24) is 0 Å². The molecule has 2 rings (SSSR count). The number of rotatable bonds is 3. The molecule has 4 nitrogen and oxygen atoms in total. The zero-order chi connectivity index (χ0) is 14.8. The van der Waals surface area contributed by atoms with Gasteiger partial charge in [-0.2, -0.15) is 0 Å². The number of hydrogen-bond donors (Lipinski definition) is 0. The Morgan fingerprint density at radius 2 is 1.80 bits per heavy atom. The Morgan fingerprint density at radius 1 is 1.15 bits per heavy atom. The molecule has 0 spiro atoms. The molecular formula is C13H7F3NO3. The fourth-order valence-corrected chi connectivity index (χ4v) is 1.57. The number of benzene rings is 2. The molecule has 0 fully saturated rings. The minimum absolute atomic E-state index is 0.101. The third-order valence-corrected chi connectivity index (χ3v) is 2.40. The minimum atomic E-state index is -4.77. The summed E-state index contributed by atoms with van der Waals surface area (Å²) in [6.07, 6.45) is -4.77. The molecule has 0 aliphatic rings. The van der Waals surface area contributed by atoms with Gasteiger partial charge in [0.1, 0.15) is 5.75 Å². The van der Waals surface area contributed by atoms with Gasteiger partial charge >= 0.3 is 6.36 Å². The molecule has 7 heteroatoms. The maximum atomic E-state index is 12.1. The smallest absolute Gasteiger partial charge is 0.406 e. The van der Waals surface area contributed by atoms with Crippen LogP contribution < -0.4 is 4.74 Å². The van der Waals surface area contributed by atoms with E-state index in [0.717, 1.165) is 12.1 Å². The predicted octanol–water partition coefficient (Wildman–Crippen LogP) is 3.96. The van der Waals surface area contributed by atoms with Gasteiger partial charge in [-0.15, -0.1) is 13.2 Å². The van der Waals surface area contributed by atoms with E-state index in [9.17, 15) is 23.3 Å². The van der Waals surface area contributed by atoms with Crippen LogP contribution in [0.3, 0.4) is 0 Å². The highest BCUT2D eigenvalue weighted by Crippen LogP contribution is 2.28. The lowest BCUT2D eigenvalue weighted by Gasteiger charge is -2.09. The predicted molar refractivity (Wildman–Crippen MR) is 64.1 cm³/mol. The summed E-state index contributed by atoms with van der Waals surface area (Å²) < 4.78 is 40.1. The van der Waals surface area contributed by atoms with Crippen LogP contribution >= 0.6 is 0 Å². The maximum absolute atomic E-state index is 12.1. The van der Waals surface area contributed by atoms with Gasteiger partial charge in [0.25, 0.3) is 5.69 Å². The first-order chi connectivity index (χ1) is 9.35. The van der Waals surface area contributed by atoms with Crippen molar-refractivity contribution < 1.29 is 22.8 Å². The molecule has 0 saturated carbocycles. The van der Waals surface area contributed by atoms with Crippen molar-refractivity contribution in [1.29, 1.82) is 0 Å². The van der Waals surface area contributed by atoms with E-state index in [1.54, 1.807) is 0 Å². The van der Waals surface area contributed by atoms with Crippen LogP contribution in [0.4, 0.5) is 18.9 Å². The average molecular weight is 282 g/mol. The fourth-order valence-electron chi connectivity index (χ4n) is 1.57. The van der Waals surface area contributed by atoms with Crippen molar-refractivity contribution in [3.8, 4) is 16.9 Å². The molecule has 0 N–H and O–H groups in total. The molecule has 0 atom stereocenters. The van der Waals surface area contributed by atoms with E-state index in [-0.39, 0.29) is 11.4 Å². The summed E-state index contributed by atoms with van der Waals surface area (Å²) in [7, 11) is 0. The molecule has 20 heavy (non-hydrogen) atoms. The van der Waals surface area contributed by atoms with Crippen molar-refractivity contribution in [2.75, 3.05) is 0 Å².